The van der Waals surface area contributed by atoms with Gasteiger partial charge >= 0.3 is 5.69 Å². The molecule has 1 saturated heterocycles. The van der Waals surface area contributed by atoms with Crippen LogP contribution in [0.25, 0.3) is 5.69 Å². The molecule has 3 aromatic rings. The Hall–Kier alpha value is -3.22. The second kappa shape index (κ2) is 7.42. The predicted molar refractivity (Wildman–Crippen MR) is 111 cm³/mol. The number of hydrogen-bond donors (Lipinski definition) is 1. The quantitative estimate of drug-likeness (QED) is 0.755. The van der Waals surface area contributed by atoms with Crippen molar-refractivity contribution in [2.75, 3.05) is 36.0 Å². The molecule has 1 N–H and O–H groups in total. The number of phenols is 1. The Morgan fingerprint density at radius 3 is 1.75 bits per heavy atom. The molecular formula is C21H25N5O2. The first-order valence-electron chi connectivity index (χ1n) is 9.58. The zero-order valence-corrected chi connectivity index (χ0v) is 16.2. The Labute approximate surface area is 164 Å². The van der Waals surface area contributed by atoms with Crippen LogP contribution in [-0.4, -0.2) is 45.6 Å². The molecule has 2 aromatic carbocycles. The molecule has 0 atom stereocenters. The Morgan fingerprint density at radius 1 is 0.821 bits per heavy atom. The summed E-state index contributed by atoms with van der Waals surface area (Å²) in [6.07, 6.45) is 1.58. The fraction of sp³-hybridized carbons (Fsp3) is 0.333. The lowest BCUT2D eigenvalue weighted by atomic mass is 10.2. The molecule has 146 valence electrons. The van der Waals surface area contributed by atoms with E-state index in [-0.39, 0.29) is 11.7 Å². The number of nitrogens with zero attached hydrogens (tertiary/aromatic N) is 5. The molecule has 28 heavy (non-hydrogen) atoms. The first kappa shape index (κ1) is 18.2. The fourth-order valence-corrected chi connectivity index (χ4v) is 3.56. The molecule has 0 radical (unpaired) electrons. The summed E-state index contributed by atoms with van der Waals surface area (Å²) in [5.41, 5.74) is 2.99. The van der Waals surface area contributed by atoms with Gasteiger partial charge in [0.1, 0.15) is 12.1 Å². The average Bonchev–Trinajstić information content (AvgIpc) is 3.10. The molecule has 0 saturated carbocycles. The topological polar surface area (TPSA) is 66.5 Å². The number of aromatic nitrogens is 3. The zero-order valence-electron chi connectivity index (χ0n) is 16.2. The molecule has 2 heterocycles. The molecule has 1 fully saturated rings. The third-order valence-corrected chi connectivity index (χ3v) is 5.17. The van der Waals surface area contributed by atoms with Crippen LogP contribution < -0.4 is 15.5 Å². The van der Waals surface area contributed by atoms with Crippen molar-refractivity contribution in [2.45, 2.75) is 19.9 Å². The molecule has 1 aliphatic rings. The van der Waals surface area contributed by atoms with Gasteiger partial charge in [-0.1, -0.05) is 0 Å². The number of aromatic hydroxyl groups is 1. The summed E-state index contributed by atoms with van der Waals surface area (Å²) in [4.78, 5) is 17.1. The third-order valence-electron chi connectivity index (χ3n) is 5.17. The molecule has 0 amide bonds. The summed E-state index contributed by atoms with van der Waals surface area (Å²) < 4.78 is 3.06. The van der Waals surface area contributed by atoms with Gasteiger partial charge < -0.3 is 14.9 Å². The third kappa shape index (κ3) is 3.47. The van der Waals surface area contributed by atoms with E-state index in [9.17, 15) is 9.90 Å². The summed E-state index contributed by atoms with van der Waals surface area (Å²) >= 11 is 0. The van der Waals surface area contributed by atoms with Crippen LogP contribution in [0.1, 0.15) is 19.9 Å². The first-order chi connectivity index (χ1) is 13.5. The summed E-state index contributed by atoms with van der Waals surface area (Å²) in [5, 5.41) is 13.6. The van der Waals surface area contributed by atoms with Crippen LogP contribution in [0.15, 0.2) is 59.7 Å². The van der Waals surface area contributed by atoms with Crippen molar-refractivity contribution in [3.8, 4) is 11.4 Å². The van der Waals surface area contributed by atoms with Gasteiger partial charge in [-0.25, -0.2) is 14.0 Å². The van der Waals surface area contributed by atoms with Crippen molar-refractivity contribution < 1.29 is 5.11 Å². The van der Waals surface area contributed by atoms with Gasteiger partial charge in [-0.2, -0.15) is 5.10 Å². The van der Waals surface area contributed by atoms with Gasteiger partial charge in [-0.15, -0.1) is 0 Å². The molecule has 0 aliphatic carbocycles. The normalized spacial score (nSPS) is 14.7. The van der Waals surface area contributed by atoms with E-state index in [1.54, 1.807) is 23.0 Å². The molecule has 4 rings (SSSR count). The van der Waals surface area contributed by atoms with Crippen LogP contribution in [0.3, 0.4) is 0 Å². The molecule has 7 heteroatoms. The predicted octanol–water partition coefficient (Wildman–Crippen LogP) is 2.65. The van der Waals surface area contributed by atoms with Gasteiger partial charge in [-0.3, -0.25) is 0 Å². The minimum atomic E-state index is -0.120. The van der Waals surface area contributed by atoms with E-state index in [0.29, 0.717) is 5.75 Å². The molecule has 7 nitrogen and oxygen atoms in total. The molecule has 0 unspecified atom stereocenters. The van der Waals surface area contributed by atoms with Crippen molar-refractivity contribution in [1.29, 1.82) is 0 Å². The number of benzene rings is 2. The average molecular weight is 379 g/mol. The lowest BCUT2D eigenvalue weighted by Gasteiger charge is -2.37. The Kier molecular flexibility index (Phi) is 4.81. The van der Waals surface area contributed by atoms with Crippen molar-refractivity contribution >= 4 is 11.4 Å². The monoisotopic (exact) mass is 379 g/mol. The highest BCUT2D eigenvalue weighted by molar-refractivity contribution is 5.54. The van der Waals surface area contributed by atoms with Crippen LogP contribution in [0.4, 0.5) is 11.4 Å². The maximum atomic E-state index is 12.4. The van der Waals surface area contributed by atoms with E-state index in [1.807, 2.05) is 38.1 Å². The van der Waals surface area contributed by atoms with Crippen LogP contribution in [-0.2, 0) is 0 Å². The van der Waals surface area contributed by atoms with Gasteiger partial charge in [0.25, 0.3) is 0 Å². The Morgan fingerprint density at radius 2 is 1.29 bits per heavy atom. The van der Waals surface area contributed by atoms with E-state index >= 15 is 0 Å². The van der Waals surface area contributed by atoms with E-state index in [4.69, 9.17) is 0 Å². The van der Waals surface area contributed by atoms with Gasteiger partial charge in [0, 0.05) is 37.6 Å². The van der Waals surface area contributed by atoms with E-state index in [1.165, 1.54) is 4.68 Å². The standard InChI is InChI=1S/C21H25N5O2/c1-16(2)26-21(28)25(15-22-26)19-5-3-17(4-6-19)23-11-13-24(14-12-23)18-7-9-20(27)10-8-18/h3-10,15-16,27H,11-14H2,1-2H3. The fourth-order valence-electron chi connectivity index (χ4n) is 3.56. The van der Waals surface area contributed by atoms with Crippen molar-refractivity contribution in [1.82, 2.24) is 14.3 Å². The zero-order chi connectivity index (χ0) is 19.7. The number of anilines is 2. The number of hydrogen-bond acceptors (Lipinski definition) is 5. The Balaban J connectivity index is 1.44. The van der Waals surface area contributed by atoms with Gasteiger partial charge in [0.2, 0.25) is 0 Å². The van der Waals surface area contributed by atoms with Crippen molar-refractivity contribution in [2.24, 2.45) is 0 Å². The minimum absolute atomic E-state index is 0.0397. The largest absolute Gasteiger partial charge is 0.508 e. The van der Waals surface area contributed by atoms with Gasteiger partial charge in [0.05, 0.1) is 11.7 Å². The van der Waals surface area contributed by atoms with Crippen LogP contribution >= 0.6 is 0 Å². The molecule has 0 spiro atoms. The highest BCUT2D eigenvalue weighted by atomic mass is 16.3. The lowest BCUT2D eigenvalue weighted by Crippen LogP contribution is -2.46. The van der Waals surface area contributed by atoms with Crippen LogP contribution in [0, 0.1) is 0 Å². The van der Waals surface area contributed by atoms with E-state index in [0.717, 1.165) is 43.2 Å². The lowest BCUT2D eigenvalue weighted by molar-refractivity contribution is 0.475. The molecule has 0 bridgehead atoms. The summed E-state index contributed by atoms with van der Waals surface area (Å²) in [6.45, 7) is 7.58. The van der Waals surface area contributed by atoms with Crippen LogP contribution in [0.5, 0.6) is 5.75 Å². The van der Waals surface area contributed by atoms with Crippen molar-refractivity contribution in [3.63, 3.8) is 0 Å². The molecular weight excluding hydrogens is 354 g/mol. The highest BCUT2D eigenvalue weighted by Crippen LogP contribution is 2.23. The second-order valence-electron chi connectivity index (χ2n) is 7.33. The van der Waals surface area contributed by atoms with Crippen molar-refractivity contribution in [3.05, 3.63) is 65.3 Å². The first-order valence-corrected chi connectivity index (χ1v) is 9.58. The number of rotatable bonds is 4. The summed E-state index contributed by atoms with van der Waals surface area (Å²) in [7, 11) is 0. The summed E-state index contributed by atoms with van der Waals surface area (Å²) in [5.74, 6) is 0.292. The second-order valence-corrected chi connectivity index (χ2v) is 7.33. The smallest absolute Gasteiger partial charge is 0.350 e. The maximum absolute atomic E-state index is 12.4. The van der Waals surface area contributed by atoms with Gasteiger partial charge in [-0.05, 0) is 62.4 Å². The number of phenolic OH excluding ortho intramolecular Hbond substituents is 1. The maximum Gasteiger partial charge on any atom is 0.350 e. The van der Waals surface area contributed by atoms with Crippen LogP contribution in [0.2, 0.25) is 0 Å². The highest BCUT2D eigenvalue weighted by Gasteiger charge is 2.18. The number of piperazine rings is 1. The van der Waals surface area contributed by atoms with E-state index in [2.05, 4.69) is 27.0 Å². The van der Waals surface area contributed by atoms with Gasteiger partial charge in [0.15, 0.2) is 0 Å². The molecule has 1 aromatic heterocycles. The summed E-state index contributed by atoms with van der Waals surface area (Å²) in [6, 6.07) is 15.5. The minimum Gasteiger partial charge on any atom is -0.508 e. The van der Waals surface area contributed by atoms with E-state index < -0.39 is 0 Å². The Bertz CT molecular complexity index is 981. The SMILES string of the molecule is CC(C)n1ncn(-c2ccc(N3CCN(c4ccc(O)cc4)CC3)cc2)c1=O. The molecule has 1 aliphatic heterocycles.